The number of anilines is 1. The van der Waals surface area contributed by atoms with Crippen LogP contribution in [0, 0.1) is 0 Å². The number of rotatable bonds is 7. The third-order valence-electron chi connectivity index (χ3n) is 6.23. The van der Waals surface area contributed by atoms with Crippen LogP contribution in [0.4, 0.5) is 5.69 Å². The molecule has 2 fully saturated rings. The first-order valence-electron chi connectivity index (χ1n) is 10.9. The lowest BCUT2D eigenvalue weighted by Gasteiger charge is -2.26. The Morgan fingerprint density at radius 3 is 2.53 bits per heavy atom. The smallest absolute Gasteiger partial charge is 0.163 e. The number of likely N-dealkylation sites (tertiary alicyclic amines) is 1. The van der Waals surface area contributed by atoms with E-state index in [1.165, 1.54) is 43.6 Å². The maximum Gasteiger partial charge on any atom is 0.163 e. The van der Waals surface area contributed by atoms with Gasteiger partial charge in [0.15, 0.2) is 11.5 Å². The Labute approximate surface area is 189 Å². The minimum Gasteiger partial charge on any atom is -0.493 e. The van der Waals surface area contributed by atoms with Gasteiger partial charge in [-0.1, -0.05) is 35.7 Å². The number of ether oxygens (including phenoxy) is 2. The molecule has 0 amide bonds. The molecule has 2 aliphatic rings. The van der Waals surface area contributed by atoms with Crippen molar-refractivity contribution in [2.24, 2.45) is 0 Å². The standard InChI is InChI=1S/C24H30Cl2N2O2/c1-29-23-8-6-20(16-24(23)30-14-13-27-10-3-2-4-11-27)28-12-9-19(17-28)18-5-7-21(25)22(26)15-18/h5-8,15-16,19H,2-4,9-14,17H2,1H3. The monoisotopic (exact) mass is 448 g/mol. The fraction of sp³-hybridized carbons (Fsp3) is 0.500. The highest BCUT2D eigenvalue weighted by Crippen LogP contribution is 2.37. The molecular weight excluding hydrogens is 419 g/mol. The van der Waals surface area contributed by atoms with E-state index in [4.69, 9.17) is 32.7 Å². The third kappa shape index (κ3) is 5.16. The van der Waals surface area contributed by atoms with Gasteiger partial charge in [-0.2, -0.15) is 0 Å². The zero-order chi connectivity index (χ0) is 20.9. The molecule has 30 heavy (non-hydrogen) atoms. The zero-order valence-corrected chi connectivity index (χ0v) is 19.1. The summed E-state index contributed by atoms with van der Waals surface area (Å²) in [4.78, 5) is 4.90. The molecule has 2 aromatic carbocycles. The molecule has 0 bridgehead atoms. The van der Waals surface area contributed by atoms with Gasteiger partial charge in [0.1, 0.15) is 6.61 Å². The van der Waals surface area contributed by atoms with Crippen LogP contribution in [0.5, 0.6) is 11.5 Å². The molecule has 0 aliphatic carbocycles. The normalized spacial score (nSPS) is 19.8. The molecule has 0 N–H and O–H groups in total. The first-order valence-corrected chi connectivity index (χ1v) is 11.6. The SMILES string of the molecule is COc1ccc(N2CCC(c3ccc(Cl)c(Cl)c3)C2)cc1OCCN1CCCCC1. The van der Waals surface area contributed by atoms with Crippen LogP contribution < -0.4 is 14.4 Å². The van der Waals surface area contributed by atoms with Crippen molar-refractivity contribution in [3.63, 3.8) is 0 Å². The van der Waals surface area contributed by atoms with Gasteiger partial charge in [0.25, 0.3) is 0 Å². The Balaban J connectivity index is 1.40. The van der Waals surface area contributed by atoms with Crippen LogP contribution in [0.1, 0.15) is 37.2 Å². The van der Waals surface area contributed by atoms with Crippen molar-refractivity contribution in [2.45, 2.75) is 31.6 Å². The molecule has 1 unspecified atom stereocenters. The summed E-state index contributed by atoms with van der Waals surface area (Å²) in [5.41, 5.74) is 2.42. The molecule has 2 saturated heterocycles. The lowest BCUT2D eigenvalue weighted by molar-refractivity contribution is 0.180. The van der Waals surface area contributed by atoms with Gasteiger partial charge in [-0.25, -0.2) is 0 Å². The van der Waals surface area contributed by atoms with Crippen molar-refractivity contribution >= 4 is 28.9 Å². The summed E-state index contributed by atoms with van der Waals surface area (Å²) >= 11 is 12.3. The number of nitrogens with zero attached hydrogens (tertiary/aromatic N) is 2. The van der Waals surface area contributed by atoms with Gasteiger partial charge in [-0.3, -0.25) is 4.90 Å². The van der Waals surface area contributed by atoms with Gasteiger partial charge >= 0.3 is 0 Å². The second kappa shape index (κ2) is 10.1. The Morgan fingerprint density at radius 2 is 1.77 bits per heavy atom. The summed E-state index contributed by atoms with van der Waals surface area (Å²) in [6.45, 7) is 5.99. The quantitative estimate of drug-likeness (QED) is 0.529. The number of piperidine rings is 1. The lowest BCUT2D eigenvalue weighted by Crippen LogP contribution is -2.33. The number of methoxy groups -OCH3 is 1. The average Bonchev–Trinajstić information content (AvgIpc) is 3.27. The molecule has 1 atom stereocenters. The van der Waals surface area contributed by atoms with E-state index in [1.807, 2.05) is 18.2 Å². The Morgan fingerprint density at radius 1 is 0.933 bits per heavy atom. The molecule has 0 spiro atoms. The molecule has 0 aromatic heterocycles. The summed E-state index contributed by atoms with van der Waals surface area (Å²) in [5, 5.41) is 1.23. The lowest BCUT2D eigenvalue weighted by atomic mass is 9.99. The first-order chi connectivity index (χ1) is 14.6. The van der Waals surface area contributed by atoms with Crippen LogP contribution in [0.3, 0.4) is 0 Å². The van der Waals surface area contributed by atoms with Crippen molar-refractivity contribution in [3.8, 4) is 11.5 Å². The number of halogens is 2. The topological polar surface area (TPSA) is 24.9 Å². The fourth-order valence-corrected chi connectivity index (χ4v) is 4.78. The second-order valence-electron chi connectivity index (χ2n) is 8.19. The first kappa shape index (κ1) is 21.6. The van der Waals surface area contributed by atoms with Crippen molar-refractivity contribution in [3.05, 3.63) is 52.0 Å². The molecule has 0 radical (unpaired) electrons. The highest BCUT2D eigenvalue weighted by atomic mass is 35.5. The predicted molar refractivity (Wildman–Crippen MR) is 125 cm³/mol. The van der Waals surface area contributed by atoms with Crippen LogP contribution >= 0.6 is 23.2 Å². The minimum atomic E-state index is 0.449. The molecule has 162 valence electrons. The van der Waals surface area contributed by atoms with E-state index in [-0.39, 0.29) is 0 Å². The summed E-state index contributed by atoms with van der Waals surface area (Å²) in [5.74, 6) is 2.06. The maximum absolute atomic E-state index is 6.22. The molecular formula is C24H30Cl2N2O2. The molecule has 0 saturated carbocycles. The van der Waals surface area contributed by atoms with E-state index in [2.05, 4.69) is 28.0 Å². The third-order valence-corrected chi connectivity index (χ3v) is 6.97. The predicted octanol–water partition coefficient (Wildman–Crippen LogP) is 5.86. The van der Waals surface area contributed by atoms with Gasteiger partial charge in [0.2, 0.25) is 0 Å². The Hall–Kier alpha value is -1.62. The Bertz CT molecular complexity index is 855. The molecule has 2 aromatic rings. The number of hydrogen-bond acceptors (Lipinski definition) is 4. The van der Waals surface area contributed by atoms with Crippen LogP contribution in [0.2, 0.25) is 10.0 Å². The van der Waals surface area contributed by atoms with Crippen LogP contribution in [-0.2, 0) is 0 Å². The number of benzene rings is 2. The van der Waals surface area contributed by atoms with E-state index in [0.29, 0.717) is 22.6 Å². The highest BCUT2D eigenvalue weighted by Gasteiger charge is 2.25. The van der Waals surface area contributed by atoms with Gasteiger partial charge in [0, 0.05) is 37.3 Å². The average molecular weight is 449 g/mol. The highest BCUT2D eigenvalue weighted by molar-refractivity contribution is 6.42. The van der Waals surface area contributed by atoms with Gasteiger partial charge < -0.3 is 14.4 Å². The van der Waals surface area contributed by atoms with Gasteiger partial charge in [0.05, 0.1) is 17.2 Å². The van der Waals surface area contributed by atoms with E-state index in [0.717, 1.165) is 37.6 Å². The maximum atomic E-state index is 6.22. The molecule has 6 heteroatoms. The Kier molecular flexibility index (Phi) is 7.29. The zero-order valence-electron chi connectivity index (χ0n) is 17.6. The van der Waals surface area contributed by atoms with E-state index >= 15 is 0 Å². The molecule has 2 aliphatic heterocycles. The van der Waals surface area contributed by atoms with Crippen molar-refractivity contribution < 1.29 is 9.47 Å². The van der Waals surface area contributed by atoms with Crippen LogP contribution in [0.25, 0.3) is 0 Å². The fourth-order valence-electron chi connectivity index (χ4n) is 4.48. The van der Waals surface area contributed by atoms with Crippen LogP contribution in [-0.4, -0.2) is 51.3 Å². The van der Waals surface area contributed by atoms with Crippen molar-refractivity contribution in [1.29, 1.82) is 0 Å². The summed E-state index contributed by atoms with van der Waals surface area (Å²) in [7, 11) is 1.70. The van der Waals surface area contributed by atoms with Gasteiger partial charge in [-0.05, 0) is 62.2 Å². The molecule has 4 rings (SSSR count). The van der Waals surface area contributed by atoms with Crippen molar-refractivity contribution in [1.82, 2.24) is 4.90 Å². The minimum absolute atomic E-state index is 0.449. The summed E-state index contributed by atoms with van der Waals surface area (Å²) in [6, 6.07) is 12.2. The van der Waals surface area contributed by atoms with Gasteiger partial charge in [-0.15, -0.1) is 0 Å². The molecule has 2 heterocycles. The van der Waals surface area contributed by atoms with E-state index in [9.17, 15) is 0 Å². The largest absolute Gasteiger partial charge is 0.493 e. The molecule has 4 nitrogen and oxygen atoms in total. The van der Waals surface area contributed by atoms with Crippen molar-refractivity contribution in [2.75, 3.05) is 51.3 Å². The van der Waals surface area contributed by atoms with E-state index < -0.39 is 0 Å². The second-order valence-corrected chi connectivity index (χ2v) is 9.01. The van der Waals surface area contributed by atoms with E-state index in [1.54, 1.807) is 7.11 Å². The summed E-state index contributed by atoms with van der Waals surface area (Å²) < 4.78 is 11.7. The van der Waals surface area contributed by atoms with Crippen LogP contribution in [0.15, 0.2) is 36.4 Å². The number of hydrogen-bond donors (Lipinski definition) is 0. The summed E-state index contributed by atoms with van der Waals surface area (Å²) in [6.07, 6.45) is 5.04.